The molecular formula is C2BF3O3-2. The molecule has 0 saturated carbocycles. The Labute approximate surface area is 48.5 Å². The summed E-state index contributed by atoms with van der Waals surface area (Å²) in [7, 11) is -3.05. The fourth-order valence-corrected chi connectivity index (χ4v) is 0.129. The van der Waals surface area contributed by atoms with Gasteiger partial charge in [-0.15, -0.1) is 0 Å². The summed E-state index contributed by atoms with van der Waals surface area (Å²) in [4.78, 5) is 0. The standard InChI is InChI=1S/C2BF3O3/c4-1(5)2(6)9-3(7)8/q-2. The summed E-state index contributed by atoms with van der Waals surface area (Å²) in [5.41, 5.74) is 0. The van der Waals surface area contributed by atoms with Gasteiger partial charge in [0.2, 0.25) is 0 Å². The van der Waals surface area contributed by atoms with Gasteiger partial charge in [-0.2, -0.15) is 13.2 Å². The smallest absolute Gasteiger partial charge is 0.340 e. The maximum atomic E-state index is 11.3. The average molecular weight is 140 g/mol. The Morgan fingerprint density at radius 3 is 1.78 bits per heavy atom. The molecule has 0 aromatic carbocycles. The van der Waals surface area contributed by atoms with E-state index in [9.17, 15) is 23.2 Å². The van der Waals surface area contributed by atoms with Crippen LogP contribution in [0.4, 0.5) is 13.2 Å². The van der Waals surface area contributed by atoms with Gasteiger partial charge in [0.1, 0.15) is 7.32 Å². The fraction of sp³-hybridized carbons (Fsp3) is 0. The first-order chi connectivity index (χ1) is 4.04. The van der Waals surface area contributed by atoms with Crippen molar-refractivity contribution in [2.24, 2.45) is 0 Å². The highest BCUT2D eigenvalue weighted by atomic mass is 19.3. The summed E-state index contributed by atoms with van der Waals surface area (Å²) >= 11 is 0. The topological polar surface area (TPSA) is 55.3 Å². The highest BCUT2D eigenvalue weighted by Crippen LogP contribution is 2.08. The van der Waals surface area contributed by atoms with Crippen molar-refractivity contribution in [2.45, 2.75) is 0 Å². The molecule has 0 aromatic rings. The van der Waals surface area contributed by atoms with Crippen LogP contribution in [0.15, 0.2) is 12.1 Å². The molecule has 0 aliphatic carbocycles. The van der Waals surface area contributed by atoms with Crippen molar-refractivity contribution in [1.29, 1.82) is 0 Å². The summed E-state index contributed by atoms with van der Waals surface area (Å²) < 4.78 is 35.9. The van der Waals surface area contributed by atoms with Crippen molar-refractivity contribution in [2.75, 3.05) is 0 Å². The molecule has 0 rings (SSSR count). The van der Waals surface area contributed by atoms with Crippen molar-refractivity contribution in [3.8, 4) is 0 Å². The molecule has 0 saturated heterocycles. The minimum Gasteiger partial charge on any atom is -0.860 e. The zero-order valence-corrected chi connectivity index (χ0v) is 3.94. The minimum absolute atomic E-state index is 2.41. The third-order valence-corrected chi connectivity index (χ3v) is 0.348. The molecule has 52 valence electrons. The lowest BCUT2D eigenvalue weighted by Crippen LogP contribution is -2.47. The molecule has 3 nitrogen and oxygen atoms in total. The molecule has 0 N–H and O–H groups in total. The Kier molecular flexibility index (Phi) is 3.11. The van der Waals surface area contributed by atoms with E-state index in [0.29, 0.717) is 0 Å². The van der Waals surface area contributed by atoms with Crippen LogP contribution in [0, 0.1) is 0 Å². The van der Waals surface area contributed by atoms with E-state index in [1.54, 1.807) is 0 Å². The molecule has 0 radical (unpaired) electrons. The number of rotatable bonds is 2. The molecule has 0 spiro atoms. The van der Waals surface area contributed by atoms with Gasteiger partial charge in [-0.25, -0.2) is 0 Å². The Hall–Kier alpha value is -0.685. The van der Waals surface area contributed by atoms with Crippen LogP contribution in [-0.2, 0) is 4.65 Å². The van der Waals surface area contributed by atoms with E-state index >= 15 is 0 Å². The van der Waals surface area contributed by atoms with E-state index in [0.717, 1.165) is 0 Å². The summed E-state index contributed by atoms with van der Waals surface area (Å²) in [5, 5.41) is 18.5. The third-order valence-electron chi connectivity index (χ3n) is 0.348. The first-order valence-electron chi connectivity index (χ1n) is 1.73. The second kappa shape index (κ2) is 3.36. The van der Waals surface area contributed by atoms with Crippen molar-refractivity contribution in [3.63, 3.8) is 0 Å². The van der Waals surface area contributed by atoms with Crippen molar-refractivity contribution in [1.82, 2.24) is 0 Å². The van der Waals surface area contributed by atoms with E-state index in [2.05, 4.69) is 4.65 Å². The van der Waals surface area contributed by atoms with E-state index in [4.69, 9.17) is 0 Å². The zero-order chi connectivity index (χ0) is 7.44. The van der Waals surface area contributed by atoms with Crippen LogP contribution >= 0.6 is 0 Å². The molecular weight excluding hydrogens is 140 g/mol. The summed E-state index contributed by atoms with van der Waals surface area (Å²) in [6, 6.07) is -2.41. The number of hydrogen-bond acceptors (Lipinski definition) is 3. The average Bonchev–Trinajstić information content (AvgIpc) is 1.63. The molecule has 0 unspecified atom stereocenters. The summed E-state index contributed by atoms with van der Waals surface area (Å²) in [6.45, 7) is 0. The molecule has 0 bridgehead atoms. The lowest BCUT2D eigenvalue weighted by molar-refractivity contribution is -0.379. The molecule has 0 amide bonds. The Bertz CT molecular complexity index is 120. The normalized spacial score (nSPS) is 8.56. The maximum absolute atomic E-state index is 11.3. The van der Waals surface area contributed by atoms with Gasteiger partial charge in [-0.1, -0.05) is 0 Å². The van der Waals surface area contributed by atoms with Crippen molar-refractivity contribution >= 4 is 7.32 Å². The summed E-state index contributed by atoms with van der Waals surface area (Å²) in [5.74, 6) is 0. The first kappa shape index (κ1) is 8.31. The van der Waals surface area contributed by atoms with Crippen LogP contribution in [0.5, 0.6) is 0 Å². The highest BCUT2D eigenvalue weighted by Gasteiger charge is 2.02. The van der Waals surface area contributed by atoms with Gasteiger partial charge in [0.25, 0.3) is 0 Å². The van der Waals surface area contributed by atoms with E-state index in [1.807, 2.05) is 0 Å². The van der Waals surface area contributed by atoms with E-state index in [1.165, 1.54) is 0 Å². The van der Waals surface area contributed by atoms with Gasteiger partial charge in [-0.05, 0) is 0 Å². The molecule has 0 aliphatic rings. The van der Waals surface area contributed by atoms with E-state index < -0.39 is 19.4 Å². The van der Waals surface area contributed by atoms with Crippen LogP contribution in [-0.4, -0.2) is 7.32 Å². The highest BCUT2D eigenvalue weighted by molar-refractivity contribution is 6.28. The lowest BCUT2D eigenvalue weighted by Gasteiger charge is -2.23. The maximum Gasteiger partial charge on any atom is 0.340 e. The van der Waals surface area contributed by atoms with Gasteiger partial charge in [-0.3, -0.25) is 0 Å². The summed E-state index contributed by atoms with van der Waals surface area (Å²) in [6.07, 6.45) is -2.81. The SMILES string of the molecule is [O-]B([O-])OC(F)=C(F)F. The minimum atomic E-state index is -3.05. The van der Waals surface area contributed by atoms with Crippen molar-refractivity contribution < 1.29 is 27.9 Å². The van der Waals surface area contributed by atoms with Crippen LogP contribution in [0.25, 0.3) is 0 Å². The second-order valence-electron chi connectivity index (χ2n) is 0.941. The Morgan fingerprint density at radius 2 is 1.67 bits per heavy atom. The largest absolute Gasteiger partial charge is 0.860 e. The molecule has 9 heavy (non-hydrogen) atoms. The van der Waals surface area contributed by atoms with Crippen molar-refractivity contribution in [3.05, 3.63) is 12.1 Å². The van der Waals surface area contributed by atoms with Gasteiger partial charge in [0, 0.05) is 0 Å². The zero-order valence-electron chi connectivity index (χ0n) is 3.94. The molecule has 7 heteroatoms. The lowest BCUT2D eigenvalue weighted by atomic mass is 10.3. The second-order valence-corrected chi connectivity index (χ2v) is 0.941. The molecule has 0 atom stereocenters. The Morgan fingerprint density at radius 1 is 1.22 bits per heavy atom. The molecule has 0 heterocycles. The van der Waals surface area contributed by atoms with Crippen LogP contribution in [0.3, 0.4) is 0 Å². The fourth-order valence-electron chi connectivity index (χ4n) is 0.129. The van der Waals surface area contributed by atoms with Gasteiger partial charge in [0.15, 0.2) is 0 Å². The first-order valence-corrected chi connectivity index (χ1v) is 1.73. The molecule has 0 fully saturated rings. The third kappa shape index (κ3) is 3.86. The molecule has 0 aromatic heterocycles. The van der Waals surface area contributed by atoms with Gasteiger partial charge >= 0.3 is 12.1 Å². The quantitative estimate of drug-likeness (QED) is 0.355. The Balaban J connectivity index is 3.77. The van der Waals surface area contributed by atoms with Crippen LogP contribution in [0.1, 0.15) is 0 Å². The number of hydrogen-bond donors (Lipinski definition) is 0. The predicted octanol–water partition coefficient (Wildman–Crippen LogP) is -1.26. The molecule has 0 aliphatic heterocycles. The monoisotopic (exact) mass is 140 g/mol. The van der Waals surface area contributed by atoms with Crippen LogP contribution in [0.2, 0.25) is 0 Å². The predicted molar refractivity (Wildman–Crippen MR) is 17.2 cm³/mol. The number of halogens is 3. The van der Waals surface area contributed by atoms with Gasteiger partial charge in [0.05, 0.1) is 0 Å². The van der Waals surface area contributed by atoms with Gasteiger partial charge < -0.3 is 14.7 Å². The van der Waals surface area contributed by atoms with Crippen LogP contribution < -0.4 is 10.0 Å². The van der Waals surface area contributed by atoms with E-state index in [-0.39, 0.29) is 0 Å².